The van der Waals surface area contributed by atoms with Crippen LogP contribution in [0, 0.1) is 46.3 Å². The quantitative estimate of drug-likeness (QED) is 0.359. The third kappa shape index (κ3) is 5.36. The van der Waals surface area contributed by atoms with Crippen LogP contribution in [0.3, 0.4) is 0 Å². The third-order valence-electron chi connectivity index (χ3n) is 12.0. The first-order chi connectivity index (χ1) is 18.3. The Hall–Kier alpha value is -1.33. The summed E-state index contributed by atoms with van der Waals surface area (Å²) in [6.45, 7) is 10.8. The molecule has 0 saturated heterocycles. The predicted octanol–water partition coefficient (Wildman–Crippen LogP) is 8.23. The lowest BCUT2D eigenvalue weighted by atomic mass is 9.43. The largest absolute Gasteiger partial charge is 0.390 e. The lowest BCUT2D eigenvalue weighted by Crippen LogP contribution is -2.63. The topological polar surface area (TPSA) is 46.5 Å². The van der Waals surface area contributed by atoms with Gasteiger partial charge in [-0.05, 0) is 98.9 Å². The van der Waals surface area contributed by atoms with Crippen LogP contribution in [0.25, 0.3) is 0 Å². The Labute approximate surface area is 234 Å². The van der Waals surface area contributed by atoms with Gasteiger partial charge in [-0.1, -0.05) is 63.9 Å². The van der Waals surface area contributed by atoms with Gasteiger partial charge in [-0.25, -0.2) is 8.78 Å². The van der Waals surface area contributed by atoms with Gasteiger partial charge in [-0.2, -0.15) is 0 Å². The number of halogens is 2. The normalized spacial score (nSPS) is 40.5. The minimum absolute atomic E-state index is 0.0212. The summed E-state index contributed by atoms with van der Waals surface area (Å²) in [5.74, 6) is -3.31. The van der Waals surface area contributed by atoms with Crippen LogP contribution in [0.1, 0.15) is 104 Å². The highest BCUT2D eigenvalue weighted by molar-refractivity contribution is 5.87. The van der Waals surface area contributed by atoms with Crippen molar-refractivity contribution in [3.63, 3.8) is 0 Å². The van der Waals surface area contributed by atoms with Crippen LogP contribution in [-0.4, -0.2) is 28.5 Å². The highest BCUT2D eigenvalue weighted by atomic mass is 19.3. The van der Waals surface area contributed by atoms with Crippen LogP contribution >= 0.6 is 0 Å². The first-order valence-corrected chi connectivity index (χ1v) is 15.6. The molecule has 0 aliphatic heterocycles. The minimum atomic E-state index is -2.82. The Bertz CT molecular complexity index is 1020. The standard InChI is InChI=1S/C34H50F2O3/c1-22(10-9-17-31(2,3)38)24-13-14-25-29-26(15-18-32(24,25)4)33(5)19-16-28(30(37)27(33)20-34(29,35)36)39-21-23-11-7-6-8-12-23/h6-8,11-12,22,24-29,38H,9-10,13-21H2,1-5H3/t22-,24-,25+,26+,27+,28+,29+,32-,33-/m1/s1. The van der Waals surface area contributed by atoms with E-state index >= 15 is 8.78 Å². The number of rotatable bonds is 8. The molecule has 4 fully saturated rings. The molecule has 5 rings (SSSR count). The van der Waals surface area contributed by atoms with Crippen LogP contribution in [0.2, 0.25) is 0 Å². The van der Waals surface area contributed by atoms with Gasteiger partial charge >= 0.3 is 0 Å². The van der Waals surface area contributed by atoms with Crippen molar-refractivity contribution in [1.29, 1.82) is 0 Å². The number of alkyl halides is 2. The second-order valence-electron chi connectivity index (χ2n) is 14.9. The summed E-state index contributed by atoms with van der Waals surface area (Å²) >= 11 is 0. The second kappa shape index (κ2) is 10.5. The molecular formula is C34H50F2O3. The van der Waals surface area contributed by atoms with Gasteiger partial charge in [0, 0.05) is 18.3 Å². The number of ether oxygens (including phenoxy) is 1. The Balaban J connectivity index is 1.31. The zero-order valence-corrected chi connectivity index (χ0v) is 24.7. The molecule has 4 aliphatic carbocycles. The summed E-state index contributed by atoms with van der Waals surface area (Å²) in [6, 6.07) is 9.78. The van der Waals surface area contributed by atoms with Crippen molar-refractivity contribution in [2.45, 2.75) is 123 Å². The molecule has 9 atom stereocenters. The summed E-state index contributed by atoms with van der Waals surface area (Å²) in [7, 11) is 0. The lowest BCUT2D eigenvalue weighted by Gasteiger charge is -2.62. The van der Waals surface area contributed by atoms with Crippen molar-refractivity contribution in [3.8, 4) is 0 Å². The number of ketones is 1. The van der Waals surface area contributed by atoms with Crippen molar-refractivity contribution < 1.29 is 23.4 Å². The summed E-state index contributed by atoms with van der Waals surface area (Å²) in [6.07, 6.45) is 7.02. The Morgan fingerprint density at radius 1 is 1.03 bits per heavy atom. The van der Waals surface area contributed by atoms with E-state index in [4.69, 9.17) is 4.74 Å². The number of hydrogen-bond donors (Lipinski definition) is 1. The van der Waals surface area contributed by atoms with Gasteiger partial charge < -0.3 is 9.84 Å². The molecule has 0 amide bonds. The molecule has 0 heterocycles. The molecule has 3 nitrogen and oxygen atoms in total. The molecule has 0 radical (unpaired) electrons. The third-order valence-corrected chi connectivity index (χ3v) is 12.0. The predicted molar refractivity (Wildman–Crippen MR) is 150 cm³/mol. The van der Waals surface area contributed by atoms with Crippen molar-refractivity contribution >= 4 is 5.78 Å². The molecule has 0 bridgehead atoms. The molecule has 218 valence electrons. The SMILES string of the molecule is C[C@H](CCCC(C)(C)O)[C@H]1CC[C@H]2[C@H]3[C@H](CC[C@]12C)[C@@]1(C)CC[C@H](OCc2ccccc2)C(=O)[C@@H]1CC3(F)F. The van der Waals surface area contributed by atoms with Crippen LogP contribution in [-0.2, 0) is 16.1 Å². The summed E-state index contributed by atoms with van der Waals surface area (Å²) in [4.78, 5) is 13.7. The van der Waals surface area contributed by atoms with Gasteiger partial charge in [0.2, 0.25) is 0 Å². The highest BCUT2D eigenvalue weighted by Gasteiger charge is 2.69. The molecule has 0 unspecified atom stereocenters. The number of carbonyl (C=O) groups is 1. The molecule has 1 N–H and O–H groups in total. The van der Waals surface area contributed by atoms with Crippen molar-refractivity contribution in [3.05, 3.63) is 35.9 Å². The summed E-state index contributed by atoms with van der Waals surface area (Å²) < 4.78 is 38.6. The van der Waals surface area contributed by atoms with E-state index < -0.39 is 29.5 Å². The van der Waals surface area contributed by atoms with E-state index in [-0.39, 0.29) is 34.9 Å². The number of benzene rings is 1. The van der Waals surface area contributed by atoms with Crippen molar-refractivity contribution in [1.82, 2.24) is 0 Å². The second-order valence-corrected chi connectivity index (χ2v) is 14.9. The molecule has 0 aromatic heterocycles. The van der Waals surface area contributed by atoms with Gasteiger partial charge in [0.15, 0.2) is 5.78 Å². The Morgan fingerprint density at radius 3 is 2.38 bits per heavy atom. The first-order valence-electron chi connectivity index (χ1n) is 15.6. The smallest absolute Gasteiger partial charge is 0.252 e. The molecule has 39 heavy (non-hydrogen) atoms. The molecule has 4 aliphatic rings. The highest BCUT2D eigenvalue weighted by Crippen LogP contribution is 2.71. The van der Waals surface area contributed by atoms with Gasteiger partial charge in [0.1, 0.15) is 6.10 Å². The van der Waals surface area contributed by atoms with Crippen molar-refractivity contribution in [2.75, 3.05) is 0 Å². The van der Waals surface area contributed by atoms with Crippen LogP contribution in [0.15, 0.2) is 30.3 Å². The maximum Gasteiger partial charge on any atom is 0.252 e. The number of carbonyl (C=O) groups excluding carboxylic acids is 1. The van der Waals surface area contributed by atoms with E-state index in [0.717, 1.165) is 56.9 Å². The van der Waals surface area contributed by atoms with Gasteiger partial charge in [-0.3, -0.25) is 4.79 Å². The van der Waals surface area contributed by atoms with E-state index in [1.54, 1.807) is 0 Å². The number of fused-ring (bicyclic) bond motifs is 5. The Kier molecular flexibility index (Phi) is 7.85. The van der Waals surface area contributed by atoms with Gasteiger partial charge in [0.05, 0.1) is 12.2 Å². The molecule has 5 heteroatoms. The Morgan fingerprint density at radius 2 is 1.69 bits per heavy atom. The molecule has 4 saturated carbocycles. The number of Topliss-reactive ketones (excluding diaryl/α,β-unsaturated/α-hetero) is 1. The van der Waals surface area contributed by atoms with E-state index in [2.05, 4.69) is 20.8 Å². The fraction of sp³-hybridized carbons (Fsp3) is 0.794. The number of aliphatic hydroxyl groups is 1. The van der Waals surface area contributed by atoms with Gasteiger partial charge in [0.25, 0.3) is 5.92 Å². The first kappa shape index (κ1) is 29.2. The fourth-order valence-electron chi connectivity index (χ4n) is 9.93. The maximum absolute atomic E-state index is 16.3. The fourth-order valence-corrected chi connectivity index (χ4v) is 9.93. The maximum atomic E-state index is 16.3. The monoisotopic (exact) mass is 544 g/mol. The molecule has 1 aromatic rings. The van der Waals surface area contributed by atoms with Crippen LogP contribution in [0.5, 0.6) is 0 Å². The minimum Gasteiger partial charge on any atom is -0.390 e. The summed E-state index contributed by atoms with van der Waals surface area (Å²) in [5.41, 5.74) is -0.0845. The zero-order chi connectivity index (χ0) is 28.2. The van der Waals surface area contributed by atoms with E-state index in [1.165, 1.54) is 0 Å². The molecular weight excluding hydrogens is 494 g/mol. The zero-order valence-electron chi connectivity index (χ0n) is 24.7. The van der Waals surface area contributed by atoms with E-state index in [1.807, 2.05) is 44.2 Å². The average Bonchev–Trinajstić information content (AvgIpc) is 3.22. The van der Waals surface area contributed by atoms with E-state index in [0.29, 0.717) is 24.9 Å². The average molecular weight is 545 g/mol. The van der Waals surface area contributed by atoms with Crippen molar-refractivity contribution in [2.24, 2.45) is 46.3 Å². The van der Waals surface area contributed by atoms with Crippen LogP contribution in [0.4, 0.5) is 8.78 Å². The summed E-state index contributed by atoms with van der Waals surface area (Å²) in [5, 5.41) is 10.1. The number of hydrogen-bond acceptors (Lipinski definition) is 3. The van der Waals surface area contributed by atoms with E-state index in [9.17, 15) is 9.90 Å². The molecule has 0 spiro atoms. The van der Waals surface area contributed by atoms with Crippen LogP contribution < -0.4 is 0 Å². The lowest BCUT2D eigenvalue weighted by molar-refractivity contribution is -0.234. The van der Waals surface area contributed by atoms with Gasteiger partial charge in [-0.15, -0.1) is 0 Å². The molecule has 1 aromatic carbocycles.